The molecule has 1 aromatic rings. The summed E-state index contributed by atoms with van der Waals surface area (Å²) in [6.45, 7) is 22.1. The summed E-state index contributed by atoms with van der Waals surface area (Å²) in [7, 11) is 0. The van der Waals surface area contributed by atoms with Crippen LogP contribution in [0, 0.1) is 6.92 Å². The minimum Gasteiger partial charge on any atom is -0.444 e. The monoisotopic (exact) mass is 590 g/mol. The van der Waals surface area contributed by atoms with E-state index in [1.54, 1.807) is 14.7 Å². The van der Waals surface area contributed by atoms with Gasteiger partial charge in [0, 0.05) is 58.0 Å². The van der Waals surface area contributed by atoms with Gasteiger partial charge in [-0.2, -0.15) is 0 Å². The van der Waals surface area contributed by atoms with E-state index in [4.69, 9.17) is 14.2 Å². The maximum absolute atomic E-state index is 13.2. The van der Waals surface area contributed by atoms with Crippen molar-refractivity contribution in [1.82, 2.24) is 14.7 Å². The van der Waals surface area contributed by atoms with Gasteiger partial charge in [-0.05, 0) is 94.2 Å². The fourth-order valence-electron chi connectivity index (χ4n) is 4.38. The molecule has 0 aliphatic carbocycles. The maximum Gasteiger partial charge on any atom is 0.410 e. The lowest BCUT2D eigenvalue weighted by molar-refractivity contribution is 0.0116. The van der Waals surface area contributed by atoms with Crippen molar-refractivity contribution in [3.63, 3.8) is 0 Å². The Bertz CT molecular complexity index is 1020. The third-order valence-corrected chi connectivity index (χ3v) is 6.35. The standard InChI is InChI=1S/C32H54N4O6/c1-25-13-15-26(16-14-25)33-17-11-18-35(28(38)41-31(5,6)7)23-24-36(29(39)42-32(8,9)10)20-12-19-34(22-21-33)27(37)40-30(2,3)4/h13-16H,11-12,17-24H2,1-10H3. The van der Waals surface area contributed by atoms with Crippen LogP contribution >= 0.6 is 0 Å². The summed E-state index contributed by atoms with van der Waals surface area (Å²) in [5.41, 5.74) is 0.294. The quantitative estimate of drug-likeness (QED) is 0.354. The van der Waals surface area contributed by atoms with Crippen molar-refractivity contribution in [2.45, 2.75) is 98.9 Å². The lowest BCUT2D eigenvalue weighted by Gasteiger charge is -2.34. The summed E-state index contributed by atoms with van der Waals surface area (Å²) >= 11 is 0. The lowest BCUT2D eigenvalue weighted by Crippen LogP contribution is -2.47. The number of nitrogens with zero attached hydrogens (tertiary/aromatic N) is 4. The zero-order valence-electron chi connectivity index (χ0n) is 27.6. The minimum atomic E-state index is -0.664. The fourth-order valence-corrected chi connectivity index (χ4v) is 4.38. The van der Waals surface area contributed by atoms with E-state index >= 15 is 0 Å². The lowest BCUT2D eigenvalue weighted by atomic mass is 10.2. The SMILES string of the molecule is Cc1ccc(N2CCCN(C(=O)OC(C)(C)C)CCN(C(=O)OC(C)(C)C)CCCN(C(=O)OC(C)(C)C)CC2)cc1. The molecule has 10 heteroatoms. The number of ether oxygens (including phenoxy) is 3. The van der Waals surface area contributed by atoms with Gasteiger partial charge in [0.1, 0.15) is 16.8 Å². The second-order valence-corrected chi connectivity index (χ2v) is 13.9. The number of hydrogen-bond donors (Lipinski definition) is 0. The highest BCUT2D eigenvalue weighted by atomic mass is 16.6. The van der Waals surface area contributed by atoms with Crippen molar-refractivity contribution in [2.75, 3.05) is 57.3 Å². The molecule has 0 aromatic heterocycles. The Kier molecular flexibility index (Phi) is 12.4. The van der Waals surface area contributed by atoms with Crippen LogP contribution in [-0.4, -0.2) is 102 Å². The zero-order valence-corrected chi connectivity index (χ0v) is 27.6. The van der Waals surface area contributed by atoms with Gasteiger partial charge in [0.25, 0.3) is 0 Å². The third kappa shape index (κ3) is 13.2. The zero-order chi connectivity index (χ0) is 31.7. The summed E-state index contributed by atoms with van der Waals surface area (Å²) < 4.78 is 17.1. The van der Waals surface area contributed by atoms with Crippen LogP contribution in [0.2, 0.25) is 0 Å². The van der Waals surface area contributed by atoms with Gasteiger partial charge < -0.3 is 33.8 Å². The average molecular weight is 591 g/mol. The molecule has 1 fully saturated rings. The molecule has 0 radical (unpaired) electrons. The largest absolute Gasteiger partial charge is 0.444 e. The van der Waals surface area contributed by atoms with Crippen molar-refractivity contribution < 1.29 is 28.6 Å². The van der Waals surface area contributed by atoms with E-state index in [2.05, 4.69) is 36.1 Å². The van der Waals surface area contributed by atoms with Crippen molar-refractivity contribution in [3.05, 3.63) is 29.8 Å². The number of rotatable bonds is 1. The summed E-state index contributed by atoms with van der Waals surface area (Å²) in [5.74, 6) is 0. The topological polar surface area (TPSA) is 91.9 Å². The van der Waals surface area contributed by atoms with Crippen LogP contribution in [0.1, 0.15) is 80.7 Å². The van der Waals surface area contributed by atoms with E-state index < -0.39 is 29.0 Å². The number of benzene rings is 1. The summed E-state index contributed by atoms with van der Waals surface area (Å²) in [6, 6.07) is 8.32. The predicted octanol–water partition coefficient (Wildman–Crippen LogP) is 6.31. The number of carbonyl (C=O) groups excluding carboxylic acids is 3. The normalized spacial score (nSPS) is 16.9. The number of anilines is 1. The number of amides is 3. The molecule has 3 amide bonds. The van der Waals surface area contributed by atoms with Crippen LogP contribution in [-0.2, 0) is 14.2 Å². The molecular formula is C32H54N4O6. The first kappa shape index (κ1) is 35.0. The van der Waals surface area contributed by atoms with E-state index in [0.717, 1.165) is 5.69 Å². The second-order valence-electron chi connectivity index (χ2n) is 13.9. The van der Waals surface area contributed by atoms with Gasteiger partial charge in [0.05, 0.1) is 0 Å². The van der Waals surface area contributed by atoms with Gasteiger partial charge in [-0.1, -0.05) is 17.7 Å². The highest BCUT2D eigenvalue weighted by Gasteiger charge is 2.28. The highest BCUT2D eigenvalue weighted by Crippen LogP contribution is 2.19. The van der Waals surface area contributed by atoms with Crippen molar-refractivity contribution >= 4 is 24.0 Å². The van der Waals surface area contributed by atoms with Crippen LogP contribution in [0.15, 0.2) is 24.3 Å². The molecule has 0 saturated carbocycles. The molecule has 1 heterocycles. The molecular weight excluding hydrogens is 536 g/mol. The predicted molar refractivity (Wildman–Crippen MR) is 166 cm³/mol. The van der Waals surface area contributed by atoms with Gasteiger partial charge in [0.15, 0.2) is 0 Å². The minimum absolute atomic E-state index is 0.280. The Labute approximate surface area is 253 Å². The Morgan fingerprint density at radius 3 is 1.21 bits per heavy atom. The molecule has 0 N–H and O–H groups in total. The van der Waals surface area contributed by atoms with E-state index in [1.807, 2.05) is 62.3 Å². The van der Waals surface area contributed by atoms with Gasteiger partial charge in [-0.3, -0.25) is 0 Å². The highest BCUT2D eigenvalue weighted by molar-refractivity contribution is 5.70. The molecule has 1 aliphatic rings. The van der Waals surface area contributed by atoms with E-state index in [9.17, 15) is 14.4 Å². The van der Waals surface area contributed by atoms with E-state index in [-0.39, 0.29) is 12.6 Å². The Hall–Kier alpha value is -3.17. The number of carbonyl (C=O) groups is 3. The smallest absolute Gasteiger partial charge is 0.410 e. The molecule has 0 bridgehead atoms. The molecule has 10 nitrogen and oxygen atoms in total. The first-order valence-corrected chi connectivity index (χ1v) is 15.1. The van der Waals surface area contributed by atoms with Gasteiger partial charge in [-0.15, -0.1) is 0 Å². The van der Waals surface area contributed by atoms with Gasteiger partial charge >= 0.3 is 18.3 Å². The summed E-state index contributed by atoms with van der Waals surface area (Å²) in [4.78, 5) is 46.8. The Balaban J connectivity index is 2.35. The molecule has 2 rings (SSSR count). The maximum atomic E-state index is 13.2. The van der Waals surface area contributed by atoms with Crippen molar-refractivity contribution in [1.29, 1.82) is 0 Å². The van der Waals surface area contributed by atoms with Crippen LogP contribution in [0.5, 0.6) is 0 Å². The van der Waals surface area contributed by atoms with E-state index in [0.29, 0.717) is 58.7 Å². The van der Waals surface area contributed by atoms with Crippen LogP contribution in [0.4, 0.5) is 20.1 Å². The van der Waals surface area contributed by atoms with Crippen LogP contribution < -0.4 is 4.90 Å². The van der Waals surface area contributed by atoms with Gasteiger partial charge in [0.2, 0.25) is 0 Å². The first-order chi connectivity index (χ1) is 19.3. The molecule has 1 aromatic carbocycles. The molecule has 0 unspecified atom stereocenters. The number of aryl methyl sites for hydroxylation is 1. The molecule has 0 atom stereocenters. The average Bonchev–Trinajstić information content (AvgIpc) is 2.82. The van der Waals surface area contributed by atoms with Crippen LogP contribution in [0.25, 0.3) is 0 Å². The fraction of sp³-hybridized carbons (Fsp3) is 0.719. The third-order valence-electron chi connectivity index (χ3n) is 6.35. The summed E-state index contributed by atoms with van der Waals surface area (Å²) in [5, 5.41) is 0. The molecule has 1 aliphatic heterocycles. The van der Waals surface area contributed by atoms with Crippen LogP contribution in [0.3, 0.4) is 0 Å². The van der Waals surface area contributed by atoms with Crippen molar-refractivity contribution in [3.8, 4) is 0 Å². The number of hydrogen-bond acceptors (Lipinski definition) is 7. The molecule has 0 spiro atoms. The van der Waals surface area contributed by atoms with Crippen molar-refractivity contribution in [2.24, 2.45) is 0 Å². The molecule has 42 heavy (non-hydrogen) atoms. The Morgan fingerprint density at radius 2 is 0.857 bits per heavy atom. The second kappa shape index (κ2) is 14.8. The molecule has 1 saturated heterocycles. The molecule has 238 valence electrons. The van der Waals surface area contributed by atoms with Gasteiger partial charge in [-0.25, -0.2) is 14.4 Å². The van der Waals surface area contributed by atoms with E-state index in [1.165, 1.54) is 5.56 Å². The Morgan fingerprint density at radius 1 is 0.524 bits per heavy atom. The summed E-state index contributed by atoms with van der Waals surface area (Å²) in [6.07, 6.45) is -0.0373. The first-order valence-electron chi connectivity index (χ1n) is 15.1.